The first-order chi connectivity index (χ1) is 38.5. The lowest BCUT2D eigenvalue weighted by atomic mass is 10.0. The van der Waals surface area contributed by atoms with Crippen LogP contribution < -0.4 is 40.3 Å². The van der Waals surface area contributed by atoms with Crippen LogP contribution in [0.1, 0.15) is 100 Å². The number of aromatic nitrogens is 4. The number of H-pyrrole nitrogens is 4. The van der Waals surface area contributed by atoms with Crippen LogP contribution in [0.15, 0.2) is 146 Å². The van der Waals surface area contributed by atoms with E-state index in [2.05, 4.69) is 19.9 Å². The average Bonchev–Trinajstić information content (AvgIpc) is 4.31. The predicted octanol–water partition coefficient (Wildman–Crippen LogP) is 7.62. The Balaban J connectivity index is 1.23. The molecular weight excluding hydrogens is 1020 g/mol. The normalized spacial score (nSPS) is 12.2. The lowest BCUT2D eigenvalue weighted by molar-refractivity contribution is -0.150. The minimum atomic E-state index is -0.463. The molecule has 8 aromatic rings. The third-order valence-corrected chi connectivity index (χ3v) is 12.4. The van der Waals surface area contributed by atoms with Gasteiger partial charge < -0.3 is 57.8 Å². The van der Waals surface area contributed by atoms with Crippen molar-refractivity contribution in [3.63, 3.8) is 0 Å². The van der Waals surface area contributed by atoms with Gasteiger partial charge in [-0.2, -0.15) is 0 Å². The maximum atomic E-state index is 12.4. The van der Waals surface area contributed by atoms with E-state index in [0.29, 0.717) is 23.0 Å². The van der Waals surface area contributed by atoms with Crippen molar-refractivity contribution in [1.29, 1.82) is 0 Å². The maximum absolute atomic E-state index is 12.4. The molecule has 0 unspecified atom stereocenters. The van der Waals surface area contributed by atoms with Crippen LogP contribution in [0.2, 0.25) is 0 Å². The maximum Gasteiger partial charge on any atom is 0.344 e. The SMILES string of the molecule is CC(C)OC(=O)COc1ccc(C2=c3ccc([nH]3)=C(c3ccc(OCC(=O)OC(C)C)cc3)c3ccc([nH]3)C(c3ccc(OCC(=O)OC(C)C)cc3)=c3ccc([nH]3)=C(c3ccc(OCC(=O)OC(C)C)cc3)c3ccc2[nH]3)cc1. The highest BCUT2D eigenvalue weighted by atomic mass is 16.6. The molecule has 16 nitrogen and oxygen atoms in total. The van der Waals surface area contributed by atoms with Crippen molar-refractivity contribution in [3.8, 4) is 23.0 Å². The smallest absolute Gasteiger partial charge is 0.344 e. The first-order valence-electron chi connectivity index (χ1n) is 26.5. The highest BCUT2D eigenvalue weighted by Gasteiger charge is 2.20. The Kier molecular flexibility index (Phi) is 17.2. The van der Waals surface area contributed by atoms with Crippen molar-refractivity contribution >= 4 is 46.2 Å². The summed E-state index contributed by atoms with van der Waals surface area (Å²) in [6.45, 7) is 13.4. The summed E-state index contributed by atoms with van der Waals surface area (Å²) in [5, 5.41) is 3.15. The lowest BCUT2D eigenvalue weighted by Gasteiger charge is -2.12. The molecule has 9 rings (SSSR count). The number of carbonyl (C=O) groups is 4. The fraction of sp³-hybridized carbons (Fsp3) is 0.250. The van der Waals surface area contributed by atoms with E-state index in [4.69, 9.17) is 37.9 Å². The van der Waals surface area contributed by atoms with Crippen LogP contribution in [0.3, 0.4) is 0 Å². The number of benzene rings is 4. The summed E-state index contributed by atoms with van der Waals surface area (Å²) in [4.78, 5) is 64.8. The Bertz CT molecular complexity index is 3260. The molecule has 0 fully saturated rings. The Labute approximate surface area is 462 Å². The molecule has 412 valence electrons. The van der Waals surface area contributed by atoms with Gasteiger partial charge in [-0.3, -0.25) is 0 Å². The van der Waals surface area contributed by atoms with E-state index in [1.54, 1.807) is 55.4 Å². The molecule has 1 aliphatic rings. The van der Waals surface area contributed by atoms with Gasteiger partial charge in [-0.15, -0.1) is 0 Å². The Morgan fingerprint density at radius 1 is 0.287 bits per heavy atom. The Hall–Kier alpha value is -9.44. The largest absolute Gasteiger partial charge is 0.482 e. The lowest BCUT2D eigenvalue weighted by Crippen LogP contribution is -2.19. The predicted molar refractivity (Wildman–Crippen MR) is 301 cm³/mol. The van der Waals surface area contributed by atoms with Gasteiger partial charge in [0.05, 0.1) is 24.4 Å². The summed E-state index contributed by atoms with van der Waals surface area (Å²) in [5.41, 5.74) is 9.90. The molecule has 4 aromatic heterocycles. The number of hydrogen-bond donors (Lipinski definition) is 4. The van der Waals surface area contributed by atoms with Gasteiger partial charge in [-0.1, -0.05) is 48.5 Å². The van der Waals surface area contributed by atoms with Crippen LogP contribution in [0.4, 0.5) is 0 Å². The molecule has 0 radical (unpaired) electrons. The van der Waals surface area contributed by atoms with Crippen molar-refractivity contribution in [2.24, 2.45) is 0 Å². The summed E-state index contributed by atoms with van der Waals surface area (Å²) in [7, 11) is 0. The first kappa shape index (κ1) is 55.3. The van der Waals surface area contributed by atoms with Crippen molar-refractivity contribution in [2.75, 3.05) is 26.4 Å². The molecule has 4 aromatic carbocycles. The van der Waals surface area contributed by atoms with E-state index >= 15 is 0 Å². The van der Waals surface area contributed by atoms with Gasteiger partial charge in [-0.25, -0.2) is 19.2 Å². The standard InChI is InChI=1S/C64H64N4O12/c1-37(2)77-57(69)33-73-45-17-9-41(10-18-45)61-49-25-27-51(65-49)62(42-11-19-46(20-12-42)74-34-58(70)78-38(3)4)53-29-31-55(67-53)64(44-15-23-48(24-16-44)76-36-60(72)80-40(7)8)56-32-30-54(68-56)63(52-28-26-50(61)66-52)43-13-21-47(22-14-43)75-35-59(71)79-39(5)6/h9-32,37-40,65-68H,33-36H2,1-8H3. The summed E-state index contributed by atoms with van der Waals surface area (Å²) in [5.74, 6) is 0.137. The third kappa shape index (κ3) is 13.8. The zero-order valence-corrected chi connectivity index (χ0v) is 45.9. The fourth-order valence-electron chi connectivity index (χ4n) is 9.20. The van der Waals surface area contributed by atoms with Gasteiger partial charge in [0.25, 0.3) is 0 Å². The summed E-state index contributed by atoms with van der Waals surface area (Å²) < 4.78 is 44.6. The third-order valence-electron chi connectivity index (χ3n) is 12.4. The minimum absolute atomic E-state index is 0.236. The molecule has 16 heteroatoms. The average molecular weight is 1080 g/mol. The molecule has 0 saturated heterocycles. The second kappa shape index (κ2) is 24.9. The summed E-state index contributed by atoms with van der Waals surface area (Å²) in [6, 6.07) is 46.5. The molecule has 5 heterocycles. The second-order valence-corrected chi connectivity index (χ2v) is 20.0. The van der Waals surface area contributed by atoms with Gasteiger partial charge in [-0.05, 0) is 175 Å². The zero-order valence-electron chi connectivity index (χ0n) is 45.9. The van der Waals surface area contributed by atoms with Gasteiger partial charge in [0.1, 0.15) is 23.0 Å². The van der Waals surface area contributed by atoms with Gasteiger partial charge >= 0.3 is 23.9 Å². The van der Waals surface area contributed by atoms with Crippen LogP contribution in [0.5, 0.6) is 23.0 Å². The number of nitrogens with one attached hydrogen (secondary N) is 4. The number of carbonyl (C=O) groups excluding carboxylic acids is 4. The van der Waals surface area contributed by atoms with Crippen LogP contribution in [0, 0.1) is 0 Å². The molecule has 1 aliphatic heterocycles. The molecule has 0 aliphatic carbocycles. The number of rotatable bonds is 20. The number of fused-ring (bicyclic) bond motifs is 8. The first-order valence-corrected chi connectivity index (χ1v) is 26.5. The molecule has 0 atom stereocenters. The molecule has 80 heavy (non-hydrogen) atoms. The number of aromatic amines is 4. The molecule has 4 N–H and O–H groups in total. The van der Waals surface area contributed by atoms with Crippen molar-refractivity contribution in [2.45, 2.75) is 79.8 Å². The van der Waals surface area contributed by atoms with E-state index in [0.717, 1.165) is 88.7 Å². The Morgan fingerprint density at radius 3 is 0.675 bits per heavy atom. The Morgan fingerprint density at radius 2 is 0.487 bits per heavy atom. The molecule has 0 spiro atoms. The van der Waals surface area contributed by atoms with Crippen LogP contribution in [-0.4, -0.2) is 94.7 Å². The molecular formula is C64H64N4O12. The molecule has 8 bridgehead atoms. The highest BCUT2D eigenvalue weighted by Crippen LogP contribution is 2.30. The van der Waals surface area contributed by atoms with Crippen LogP contribution in [-0.2, 0) is 38.1 Å². The van der Waals surface area contributed by atoms with Crippen molar-refractivity contribution in [1.82, 2.24) is 19.9 Å². The van der Waals surface area contributed by atoms with Crippen LogP contribution in [0.25, 0.3) is 22.3 Å². The van der Waals surface area contributed by atoms with E-state index in [1.165, 1.54) is 0 Å². The molecule has 0 saturated carbocycles. The van der Waals surface area contributed by atoms with E-state index in [-0.39, 0.29) is 50.8 Å². The van der Waals surface area contributed by atoms with Crippen molar-refractivity contribution in [3.05, 3.63) is 212 Å². The number of ether oxygens (including phenoxy) is 8. The quantitative estimate of drug-likeness (QED) is 0.0430. The number of esters is 4. The number of hydrogen-bond acceptors (Lipinski definition) is 12. The van der Waals surface area contributed by atoms with Gasteiger partial charge in [0, 0.05) is 66.5 Å². The van der Waals surface area contributed by atoms with Crippen LogP contribution >= 0.6 is 0 Å². The fourth-order valence-corrected chi connectivity index (χ4v) is 9.20. The van der Waals surface area contributed by atoms with E-state index in [1.807, 2.05) is 146 Å². The summed E-state index contributed by atoms with van der Waals surface area (Å²) in [6.07, 6.45) is -1.07. The van der Waals surface area contributed by atoms with Crippen molar-refractivity contribution < 1.29 is 57.1 Å². The second-order valence-electron chi connectivity index (χ2n) is 20.0. The van der Waals surface area contributed by atoms with Gasteiger partial charge in [0.15, 0.2) is 26.4 Å². The van der Waals surface area contributed by atoms with E-state index in [9.17, 15) is 19.2 Å². The zero-order chi connectivity index (χ0) is 56.5. The highest BCUT2D eigenvalue weighted by molar-refractivity contribution is 5.85. The van der Waals surface area contributed by atoms with E-state index < -0.39 is 23.9 Å². The topological polar surface area (TPSA) is 205 Å². The van der Waals surface area contributed by atoms with Gasteiger partial charge in [0.2, 0.25) is 0 Å². The molecule has 0 amide bonds. The monoisotopic (exact) mass is 1080 g/mol. The minimum Gasteiger partial charge on any atom is -0.482 e. The summed E-state index contributed by atoms with van der Waals surface area (Å²) >= 11 is 0.